The number of phenols is 2. The molecule has 1 aliphatic heterocycles. The molecule has 2 bridgehead atoms. The van der Waals surface area contributed by atoms with Crippen LogP contribution in [0.1, 0.15) is 69.4 Å². The Bertz CT molecular complexity index is 2270. The third-order valence-corrected chi connectivity index (χ3v) is 11.1. The molecule has 300 valence electrons. The molecule has 1 aliphatic rings. The highest BCUT2D eigenvalue weighted by atomic mass is 16.5. The first kappa shape index (κ1) is 41.9. The highest BCUT2D eigenvalue weighted by Crippen LogP contribution is 2.51. The predicted molar refractivity (Wildman–Crippen MR) is 214 cm³/mol. The van der Waals surface area contributed by atoms with Crippen molar-refractivity contribution in [1.82, 2.24) is 9.38 Å². The number of ether oxygens (including phenoxy) is 3. The third-order valence-electron chi connectivity index (χ3n) is 11.1. The molecule has 0 saturated heterocycles. The number of allylic oxidation sites excluding steroid dienone is 3. The average molecular weight is 772 g/mol. The van der Waals surface area contributed by atoms with Gasteiger partial charge in [0.1, 0.15) is 40.0 Å². The smallest absolute Gasteiger partial charge is 0.302 e. The van der Waals surface area contributed by atoms with E-state index in [1.807, 2.05) is 26.0 Å². The van der Waals surface area contributed by atoms with Crippen molar-refractivity contribution in [3.63, 3.8) is 0 Å². The van der Waals surface area contributed by atoms with Crippen molar-refractivity contribution in [2.75, 3.05) is 19.5 Å². The van der Waals surface area contributed by atoms with Gasteiger partial charge in [-0.15, -0.1) is 0 Å². The fourth-order valence-electron chi connectivity index (χ4n) is 7.83. The van der Waals surface area contributed by atoms with Gasteiger partial charge in [0, 0.05) is 66.8 Å². The Hall–Kier alpha value is -5.24. The summed E-state index contributed by atoms with van der Waals surface area (Å²) in [7, 11) is 2.87. The van der Waals surface area contributed by atoms with Crippen molar-refractivity contribution >= 4 is 50.8 Å². The molecule has 0 radical (unpaired) electrons. The zero-order valence-corrected chi connectivity index (χ0v) is 33.6. The number of phenolic OH excluding ortho intramolecular Hbond substituents is 2. The van der Waals surface area contributed by atoms with Crippen LogP contribution in [0.4, 0.5) is 5.69 Å². The van der Waals surface area contributed by atoms with E-state index in [1.54, 1.807) is 75.6 Å². The van der Waals surface area contributed by atoms with E-state index < -0.39 is 71.5 Å². The number of carbonyl (C=O) groups is 3. The number of hydrogen-bond acceptors (Lipinski definition) is 11. The lowest BCUT2D eigenvalue weighted by Gasteiger charge is -2.38. The molecular formula is C43H53N3O10. The number of ketones is 1. The molecule has 0 spiro atoms. The number of amides is 1. The van der Waals surface area contributed by atoms with E-state index in [-0.39, 0.29) is 62.1 Å². The summed E-state index contributed by atoms with van der Waals surface area (Å²) in [5.74, 6) is -4.54. The number of nitrogens with one attached hydrogen (secondary N) is 1. The number of benzene rings is 2. The Morgan fingerprint density at radius 2 is 1.64 bits per heavy atom. The number of Topliss-reactive ketones (excluding diaryl/α,β-unsaturated/α-hetero) is 1. The molecule has 8 atom stereocenters. The highest BCUT2D eigenvalue weighted by Gasteiger charge is 2.39. The first-order chi connectivity index (χ1) is 26.4. The monoisotopic (exact) mass is 771 g/mol. The standard InChI is InChI=1S/C43H53N3O10/c1-20-17-18-46-30(19-20)44-34-32-31-28(48)15-12-16-29(54-9)23(4)41(56-27(8)47)25(6)38(50)24(5)37(49)21(2)13-11-14-22(3)43(53)45-35(36(34)46)40(52)33(32)39(51)26(7)42(31)55-10/h11-14,16-19,21,23-25,29,37-38,41,49-52H,15H2,1-10H3,(H,45,53)/b13-11+,16-12+,22-14-/t21-,23+,24+,25+,29-,37-,38+,41+/m0/s1. The number of imidazole rings is 1. The Morgan fingerprint density at radius 3 is 2.29 bits per heavy atom. The number of aryl methyl sites for hydroxylation is 1. The maximum atomic E-state index is 14.5. The maximum Gasteiger partial charge on any atom is 0.302 e. The number of rotatable bonds is 3. The summed E-state index contributed by atoms with van der Waals surface area (Å²) in [4.78, 5) is 45.5. The molecule has 56 heavy (non-hydrogen) atoms. The number of carbonyl (C=O) groups excluding carboxylic acids is 3. The lowest BCUT2D eigenvalue weighted by atomic mass is 9.78. The van der Waals surface area contributed by atoms with E-state index in [0.29, 0.717) is 5.65 Å². The fraction of sp³-hybridized carbons (Fsp3) is 0.442. The zero-order chi connectivity index (χ0) is 41.3. The minimum atomic E-state index is -1.09. The van der Waals surface area contributed by atoms with Crippen LogP contribution in [0.2, 0.25) is 0 Å². The second kappa shape index (κ2) is 16.9. The van der Waals surface area contributed by atoms with Gasteiger partial charge in [0.2, 0.25) is 0 Å². The first-order valence-electron chi connectivity index (χ1n) is 18.7. The quantitative estimate of drug-likeness (QED) is 0.0872. The Kier molecular flexibility index (Phi) is 12.6. The second-order valence-electron chi connectivity index (χ2n) is 15.0. The molecule has 4 aromatic rings. The van der Waals surface area contributed by atoms with Crippen molar-refractivity contribution in [3.05, 3.63) is 71.0 Å². The number of methoxy groups -OCH3 is 2. The molecule has 0 fully saturated rings. The number of pyridine rings is 1. The molecule has 2 aromatic heterocycles. The highest BCUT2D eigenvalue weighted by molar-refractivity contribution is 6.26. The van der Waals surface area contributed by atoms with E-state index in [0.717, 1.165) is 5.56 Å². The lowest BCUT2D eigenvalue weighted by Crippen LogP contribution is -2.46. The van der Waals surface area contributed by atoms with Crippen molar-refractivity contribution in [1.29, 1.82) is 0 Å². The molecule has 13 nitrogen and oxygen atoms in total. The van der Waals surface area contributed by atoms with Crippen LogP contribution in [0.3, 0.4) is 0 Å². The van der Waals surface area contributed by atoms with Crippen LogP contribution < -0.4 is 10.1 Å². The van der Waals surface area contributed by atoms with Crippen molar-refractivity contribution in [3.8, 4) is 17.2 Å². The molecule has 5 N–H and O–H groups in total. The van der Waals surface area contributed by atoms with Crippen LogP contribution in [0.15, 0.2) is 54.3 Å². The van der Waals surface area contributed by atoms with Gasteiger partial charge in [-0.05, 0) is 38.5 Å². The van der Waals surface area contributed by atoms with Crippen molar-refractivity contribution < 1.29 is 49.0 Å². The number of esters is 1. The Labute approximate surface area is 326 Å². The van der Waals surface area contributed by atoms with Gasteiger partial charge < -0.3 is 40.0 Å². The number of aromatic hydroxyl groups is 2. The molecule has 5 rings (SSSR count). The SMILES string of the molecule is COc1c(C)c(O)c2c(O)c3c4c(nc5cc(C)ccn54)c2c1C(=O)C/C=C/[C@H](OC)[C@@H](C)[C@@H](OC(C)=O)[C@H](C)[C@H](O)[C@H](C)[C@@H](O)[C@@H](C)/C=C/C=C(/C)C(=O)N3. The van der Waals surface area contributed by atoms with Crippen LogP contribution in [0.5, 0.6) is 17.2 Å². The largest absolute Gasteiger partial charge is 0.507 e. The van der Waals surface area contributed by atoms with E-state index >= 15 is 0 Å². The number of aliphatic hydroxyl groups excluding tert-OH is 2. The maximum absolute atomic E-state index is 14.5. The fourth-order valence-corrected chi connectivity index (χ4v) is 7.83. The number of anilines is 1. The van der Waals surface area contributed by atoms with Gasteiger partial charge in [-0.1, -0.05) is 58.1 Å². The summed E-state index contributed by atoms with van der Waals surface area (Å²) in [5.41, 5.74) is 2.37. The van der Waals surface area contributed by atoms with Crippen LogP contribution in [-0.2, 0) is 19.1 Å². The molecule has 13 heteroatoms. The Morgan fingerprint density at radius 1 is 0.946 bits per heavy atom. The van der Waals surface area contributed by atoms with E-state index in [1.165, 1.54) is 21.1 Å². The minimum absolute atomic E-state index is 0.0258. The van der Waals surface area contributed by atoms with E-state index in [4.69, 9.17) is 19.2 Å². The van der Waals surface area contributed by atoms with Crippen molar-refractivity contribution in [2.24, 2.45) is 23.7 Å². The molecule has 0 saturated carbocycles. The van der Waals surface area contributed by atoms with E-state index in [9.17, 15) is 34.8 Å². The molecule has 0 unspecified atom stereocenters. The van der Waals surface area contributed by atoms with Gasteiger partial charge in [-0.3, -0.25) is 18.8 Å². The number of aliphatic hydroxyl groups is 2. The summed E-state index contributed by atoms with van der Waals surface area (Å²) < 4.78 is 19.1. The third kappa shape index (κ3) is 7.75. The summed E-state index contributed by atoms with van der Waals surface area (Å²) in [6.45, 7) is 13.4. The van der Waals surface area contributed by atoms with Crippen molar-refractivity contribution in [2.45, 2.75) is 86.2 Å². The average Bonchev–Trinajstić information content (AvgIpc) is 3.54. The van der Waals surface area contributed by atoms with Crippen LogP contribution >= 0.6 is 0 Å². The number of fused-ring (bicyclic) bond motifs is 1. The summed E-state index contributed by atoms with van der Waals surface area (Å²) in [5, 5.41) is 49.4. The van der Waals surface area contributed by atoms with Crippen LogP contribution in [0.25, 0.3) is 27.5 Å². The lowest BCUT2D eigenvalue weighted by molar-refractivity contribution is -0.160. The van der Waals surface area contributed by atoms with E-state index in [2.05, 4.69) is 5.32 Å². The molecule has 3 heterocycles. The molecule has 2 aromatic carbocycles. The Balaban J connectivity index is 1.80. The number of aromatic nitrogens is 2. The summed E-state index contributed by atoms with van der Waals surface area (Å²) in [6.07, 6.45) is 6.16. The van der Waals surface area contributed by atoms with Gasteiger partial charge in [-0.2, -0.15) is 0 Å². The van der Waals surface area contributed by atoms with Crippen LogP contribution in [-0.4, -0.2) is 86.1 Å². The van der Waals surface area contributed by atoms with Gasteiger partial charge in [0.15, 0.2) is 11.5 Å². The predicted octanol–water partition coefficient (Wildman–Crippen LogP) is 6.47. The molecule has 0 aliphatic carbocycles. The van der Waals surface area contributed by atoms with Gasteiger partial charge in [-0.25, -0.2) is 4.98 Å². The normalized spacial score (nSPS) is 28.0. The zero-order valence-electron chi connectivity index (χ0n) is 33.6. The summed E-state index contributed by atoms with van der Waals surface area (Å²) >= 11 is 0. The summed E-state index contributed by atoms with van der Waals surface area (Å²) in [6, 6.07) is 3.66. The number of hydrogen-bond donors (Lipinski definition) is 5. The topological polar surface area (TPSA) is 189 Å². The second-order valence-corrected chi connectivity index (χ2v) is 15.0. The molecule has 1 amide bonds. The van der Waals surface area contributed by atoms with Gasteiger partial charge in [0.25, 0.3) is 5.91 Å². The minimum Gasteiger partial charge on any atom is -0.507 e. The number of nitrogens with zero attached hydrogens (tertiary/aromatic N) is 2. The van der Waals surface area contributed by atoms with Crippen LogP contribution in [0, 0.1) is 37.5 Å². The van der Waals surface area contributed by atoms with Gasteiger partial charge >= 0.3 is 5.97 Å². The molecular weight excluding hydrogens is 718 g/mol. The first-order valence-corrected chi connectivity index (χ1v) is 18.7. The van der Waals surface area contributed by atoms with Gasteiger partial charge in [0.05, 0.1) is 36.4 Å².